The summed E-state index contributed by atoms with van der Waals surface area (Å²) in [5, 5.41) is 26.5. The maximum atomic E-state index is 14.4. The molecular formula is C46H56N6O8. The Morgan fingerprint density at radius 3 is 2.30 bits per heavy atom. The SMILES string of the molecule is CC(C)(C)NC(=O)[C@@H]1CN(Cc2cccnc2)CCN1C[C@H](C[C@H](Cc1ccccc1)C(=O)N[C@H]1c2ccccc2C[C@H]1O)OC(=O)Oc1ccc(CC(N)C(=O)O)cc1. The monoisotopic (exact) mass is 820 g/mol. The minimum absolute atomic E-state index is 0.0792. The molecule has 1 unspecified atom stereocenters. The molecule has 60 heavy (non-hydrogen) atoms. The van der Waals surface area contributed by atoms with Crippen LogP contribution in [0, 0.1) is 5.92 Å². The van der Waals surface area contributed by atoms with Crippen LogP contribution in [0.25, 0.3) is 0 Å². The molecule has 2 heterocycles. The molecule has 6 rings (SSSR count). The maximum absolute atomic E-state index is 14.4. The molecule has 2 amide bonds. The predicted molar refractivity (Wildman–Crippen MR) is 225 cm³/mol. The van der Waals surface area contributed by atoms with Crippen LogP contribution in [0.3, 0.4) is 0 Å². The summed E-state index contributed by atoms with van der Waals surface area (Å²) in [6.07, 6.45) is 1.72. The number of carbonyl (C=O) groups is 4. The molecule has 318 valence electrons. The predicted octanol–water partition coefficient (Wildman–Crippen LogP) is 4.04. The number of ether oxygens (including phenoxy) is 2. The minimum atomic E-state index is -1.12. The molecule has 0 radical (unpaired) electrons. The molecule has 1 saturated heterocycles. The molecule has 1 aromatic heterocycles. The van der Waals surface area contributed by atoms with Crippen molar-refractivity contribution in [1.29, 1.82) is 0 Å². The Morgan fingerprint density at radius 1 is 0.900 bits per heavy atom. The molecule has 14 nitrogen and oxygen atoms in total. The first-order valence-electron chi connectivity index (χ1n) is 20.4. The number of aromatic nitrogens is 1. The molecule has 3 aromatic carbocycles. The summed E-state index contributed by atoms with van der Waals surface area (Å²) < 4.78 is 11.7. The lowest BCUT2D eigenvalue weighted by Crippen LogP contribution is -2.62. The quantitative estimate of drug-likeness (QED) is 0.0805. The van der Waals surface area contributed by atoms with Crippen LogP contribution in [0.2, 0.25) is 0 Å². The molecule has 4 aromatic rings. The first kappa shape index (κ1) is 43.9. The average molecular weight is 821 g/mol. The van der Waals surface area contributed by atoms with Crippen LogP contribution in [-0.2, 0) is 44.9 Å². The zero-order valence-corrected chi connectivity index (χ0v) is 34.4. The fraction of sp³-hybridized carbons (Fsp3) is 0.413. The molecule has 0 spiro atoms. The van der Waals surface area contributed by atoms with Crippen molar-refractivity contribution >= 4 is 23.9 Å². The fourth-order valence-electron chi connectivity index (χ4n) is 7.92. The van der Waals surface area contributed by atoms with Crippen molar-refractivity contribution in [2.75, 3.05) is 26.2 Å². The summed E-state index contributed by atoms with van der Waals surface area (Å²) in [4.78, 5) is 61.9. The van der Waals surface area contributed by atoms with Gasteiger partial charge >= 0.3 is 12.1 Å². The molecule has 14 heteroatoms. The number of aliphatic carboxylic acids is 1. The lowest BCUT2D eigenvalue weighted by atomic mass is 9.91. The summed E-state index contributed by atoms with van der Waals surface area (Å²) in [5.41, 5.74) is 9.60. The van der Waals surface area contributed by atoms with E-state index in [1.54, 1.807) is 18.3 Å². The highest BCUT2D eigenvalue weighted by Gasteiger charge is 2.39. The van der Waals surface area contributed by atoms with E-state index in [9.17, 15) is 29.4 Å². The van der Waals surface area contributed by atoms with Gasteiger partial charge in [0.05, 0.1) is 12.1 Å². The van der Waals surface area contributed by atoms with Crippen molar-refractivity contribution in [3.63, 3.8) is 0 Å². The van der Waals surface area contributed by atoms with Gasteiger partial charge in [0.15, 0.2) is 0 Å². The number of nitrogens with one attached hydrogen (secondary N) is 2. The first-order chi connectivity index (χ1) is 28.7. The number of rotatable bonds is 16. The second-order valence-electron chi connectivity index (χ2n) is 16.8. The van der Waals surface area contributed by atoms with Crippen LogP contribution in [0.5, 0.6) is 5.75 Å². The molecule has 0 saturated carbocycles. The number of aliphatic hydroxyl groups is 1. The zero-order chi connectivity index (χ0) is 42.8. The third-order valence-electron chi connectivity index (χ3n) is 10.8. The van der Waals surface area contributed by atoms with Crippen molar-refractivity contribution in [2.45, 2.75) is 88.9 Å². The van der Waals surface area contributed by atoms with E-state index >= 15 is 0 Å². The van der Waals surface area contributed by atoms with Gasteiger partial charge in [0.2, 0.25) is 11.8 Å². The van der Waals surface area contributed by atoms with Crippen molar-refractivity contribution in [3.05, 3.63) is 131 Å². The third kappa shape index (κ3) is 12.4. The molecule has 1 aliphatic heterocycles. The van der Waals surface area contributed by atoms with Gasteiger partial charge in [-0.25, -0.2) is 4.79 Å². The number of piperazine rings is 1. The van der Waals surface area contributed by atoms with Gasteiger partial charge in [-0.05, 0) is 86.1 Å². The van der Waals surface area contributed by atoms with Crippen molar-refractivity contribution < 1.29 is 38.9 Å². The van der Waals surface area contributed by atoms with Crippen LogP contribution in [0.1, 0.15) is 61.1 Å². The Bertz CT molecular complexity index is 2060. The second-order valence-corrected chi connectivity index (χ2v) is 16.8. The fourth-order valence-corrected chi connectivity index (χ4v) is 7.92. The molecule has 0 bridgehead atoms. The molecule has 1 aliphatic carbocycles. The number of hydrogen-bond donors (Lipinski definition) is 5. The minimum Gasteiger partial charge on any atom is -0.480 e. The number of carboxylic acid groups (broad SMARTS) is 1. The van der Waals surface area contributed by atoms with E-state index in [1.165, 1.54) is 12.1 Å². The Hall–Kier alpha value is -5.67. The summed E-state index contributed by atoms with van der Waals surface area (Å²) in [6, 6.07) is 25.1. The van der Waals surface area contributed by atoms with Crippen LogP contribution >= 0.6 is 0 Å². The van der Waals surface area contributed by atoms with Gasteiger partial charge in [0.1, 0.15) is 23.9 Å². The van der Waals surface area contributed by atoms with Crippen LogP contribution in [0.4, 0.5) is 4.79 Å². The number of amides is 2. The Kier molecular flexibility index (Phi) is 14.7. The van der Waals surface area contributed by atoms with Gasteiger partial charge in [0.25, 0.3) is 0 Å². The van der Waals surface area contributed by atoms with E-state index in [0.29, 0.717) is 44.6 Å². The second kappa shape index (κ2) is 20.1. The van der Waals surface area contributed by atoms with Crippen LogP contribution in [-0.4, -0.2) is 105 Å². The standard InChI is InChI=1S/C46H56N6O8/c1-46(2,3)50-43(55)39-29-51(27-32-12-9-19-48-26-32)20-21-52(39)28-36(60-45(58)59-35-17-15-31(16-18-35)23-38(47)44(56)57)24-34(22-30-10-5-4-6-11-30)42(54)49-41-37-14-8-7-13-33(37)25-40(41)53/h4-19,26,34,36,38-41,53H,20-25,27-29,47H2,1-3H3,(H,49,54)(H,50,55)(H,56,57)/t34-,36-,38?,39-,40+,41-/m0/s1. The van der Waals surface area contributed by atoms with Crippen molar-refractivity contribution in [3.8, 4) is 5.75 Å². The van der Waals surface area contributed by atoms with E-state index in [0.717, 1.165) is 22.3 Å². The maximum Gasteiger partial charge on any atom is 0.514 e. The topological polar surface area (TPSA) is 197 Å². The number of carboxylic acids is 1. The van der Waals surface area contributed by atoms with E-state index in [-0.39, 0.29) is 37.0 Å². The summed E-state index contributed by atoms with van der Waals surface area (Å²) in [7, 11) is 0. The smallest absolute Gasteiger partial charge is 0.480 e. The van der Waals surface area contributed by atoms with Crippen LogP contribution < -0.4 is 21.1 Å². The highest BCUT2D eigenvalue weighted by Crippen LogP contribution is 2.32. The summed E-state index contributed by atoms with van der Waals surface area (Å²) in [5.74, 6) is -2.14. The highest BCUT2D eigenvalue weighted by molar-refractivity contribution is 5.83. The lowest BCUT2D eigenvalue weighted by Gasteiger charge is -2.42. The van der Waals surface area contributed by atoms with Gasteiger partial charge in [-0.2, -0.15) is 0 Å². The number of pyridine rings is 1. The molecule has 6 atom stereocenters. The number of nitrogens with two attached hydrogens (primary N) is 1. The summed E-state index contributed by atoms with van der Waals surface area (Å²) >= 11 is 0. The molecular weight excluding hydrogens is 765 g/mol. The van der Waals surface area contributed by atoms with Crippen LogP contribution in [0.15, 0.2) is 103 Å². The number of carbonyl (C=O) groups excluding carboxylic acids is 3. The molecule has 2 aliphatic rings. The Labute approximate surface area is 351 Å². The van der Waals surface area contributed by atoms with Gasteiger partial charge in [-0.1, -0.05) is 72.8 Å². The zero-order valence-electron chi connectivity index (χ0n) is 34.4. The number of nitrogens with zero attached hydrogens (tertiary/aromatic N) is 3. The van der Waals surface area contributed by atoms with Gasteiger partial charge in [-0.15, -0.1) is 0 Å². The van der Waals surface area contributed by atoms with Crippen molar-refractivity contribution in [1.82, 2.24) is 25.4 Å². The van der Waals surface area contributed by atoms with Gasteiger partial charge < -0.3 is 36.1 Å². The molecule has 1 fully saturated rings. The van der Waals surface area contributed by atoms with Gasteiger partial charge in [0, 0.05) is 63.0 Å². The number of fused-ring (bicyclic) bond motifs is 1. The van der Waals surface area contributed by atoms with E-state index in [1.807, 2.05) is 98.6 Å². The largest absolute Gasteiger partial charge is 0.514 e. The third-order valence-corrected chi connectivity index (χ3v) is 10.8. The Morgan fingerprint density at radius 2 is 1.60 bits per heavy atom. The van der Waals surface area contributed by atoms with E-state index in [2.05, 4.69) is 20.5 Å². The molecule has 6 N–H and O–H groups in total. The first-order valence-corrected chi connectivity index (χ1v) is 20.4. The van der Waals surface area contributed by atoms with E-state index in [4.69, 9.17) is 15.2 Å². The number of benzene rings is 3. The van der Waals surface area contributed by atoms with Gasteiger partial charge in [-0.3, -0.25) is 29.2 Å². The summed E-state index contributed by atoms with van der Waals surface area (Å²) in [6.45, 7) is 7.99. The number of aliphatic hydroxyl groups excluding tert-OH is 1. The van der Waals surface area contributed by atoms with E-state index < -0.39 is 53.9 Å². The normalized spacial score (nSPS) is 19.6. The highest BCUT2D eigenvalue weighted by atomic mass is 16.7. The van der Waals surface area contributed by atoms with Crippen molar-refractivity contribution in [2.24, 2.45) is 11.7 Å². The number of hydrogen-bond acceptors (Lipinski definition) is 11. The average Bonchev–Trinajstić information content (AvgIpc) is 3.52. The Balaban J connectivity index is 1.26. The lowest BCUT2D eigenvalue weighted by molar-refractivity contribution is -0.138.